The Morgan fingerprint density at radius 3 is 2.72 bits per heavy atom. The molecule has 2 aromatic carbocycles. The molecule has 0 atom stereocenters. The number of nitrogens with zero attached hydrogens (tertiary/aromatic N) is 1. The number of hydrogen-bond donors (Lipinski definition) is 1. The first-order chi connectivity index (χ1) is 13.9. The number of benzene rings is 2. The molecule has 152 valence electrons. The summed E-state index contributed by atoms with van der Waals surface area (Å²) < 4.78 is 25.6. The summed E-state index contributed by atoms with van der Waals surface area (Å²) in [4.78, 5) is 27.1. The molecule has 29 heavy (non-hydrogen) atoms. The number of carbonyl (C=O) groups excluding carboxylic acids is 2. The second-order valence-corrected chi connectivity index (χ2v) is 10.5. The first kappa shape index (κ1) is 20.0. The van der Waals surface area contributed by atoms with Crippen LogP contribution in [0.15, 0.2) is 52.3 Å². The van der Waals surface area contributed by atoms with Crippen LogP contribution >= 0.6 is 11.8 Å². The maximum Gasteiger partial charge on any atom is 0.225 e. The quantitative estimate of drug-likeness (QED) is 0.806. The standard InChI is InChI=1S/C21H22N2O4S2/c24-20-8-11-28-19-6-5-17(13-18(19)22-20)29(26,27)12-9-21(25)23-10-7-15-3-1-2-4-16(15)14-23/h1-6,13H,7-12,14H2,(H,22,24). The lowest BCUT2D eigenvalue weighted by Crippen LogP contribution is -2.36. The summed E-state index contributed by atoms with van der Waals surface area (Å²) in [6.07, 6.45) is 1.13. The summed E-state index contributed by atoms with van der Waals surface area (Å²) >= 11 is 1.53. The molecule has 4 rings (SSSR count). The van der Waals surface area contributed by atoms with E-state index in [0.717, 1.165) is 16.9 Å². The second-order valence-electron chi connectivity index (χ2n) is 7.21. The van der Waals surface area contributed by atoms with Crippen molar-refractivity contribution in [2.75, 3.05) is 23.4 Å². The molecule has 2 amide bonds. The van der Waals surface area contributed by atoms with Crippen LogP contribution in [-0.4, -0.2) is 43.2 Å². The van der Waals surface area contributed by atoms with Crippen LogP contribution in [0.5, 0.6) is 0 Å². The lowest BCUT2D eigenvalue weighted by atomic mass is 10.00. The van der Waals surface area contributed by atoms with Gasteiger partial charge in [-0.05, 0) is 35.7 Å². The Morgan fingerprint density at radius 2 is 1.90 bits per heavy atom. The van der Waals surface area contributed by atoms with Crippen molar-refractivity contribution < 1.29 is 18.0 Å². The second kappa shape index (κ2) is 8.20. The average Bonchev–Trinajstić information content (AvgIpc) is 2.91. The zero-order chi connectivity index (χ0) is 20.4. The van der Waals surface area contributed by atoms with Gasteiger partial charge in [-0.25, -0.2) is 8.42 Å². The molecule has 0 bridgehead atoms. The van der Waals surface area contributed by atoms with E-state index in [1.54, 1.807) is 17.0 Å². The number of sulfone groups is 1. The predicted octanol–water partition coefficient (Wildman–Crippen LogP) is 2.87. The Bertz CT molecular complexity index is 1070. The fourth-order valence-corrected chi connectivity index (χ4v) is 5.79. The molecule has 2 aliphatic heterocycles. The van der Waals surface area contributed by atoms with E-state index in [4.69, 9.17) is 0 Å². The molecule has 8 heteroatoms. The van der Waals surface area contributed by atoms with E-state index >= 15 is 0 Å². The number of amides is 2. The molecule has 6 nitrogen and oxygen atoms in total. The first-order valence-corrected chi connectivity index (χ1v) is 12.2. The summed E-state index contributed by atoms with van der Waals surface area (Å²) in [5.41, 5.74) is 2.89. The van der Waals surface area contributed by atoms with Crippen LogP contribution in [-0.2, 0) is 32.4 Å². The highest BCUT2D eigenvalue weighted by Crippen LogP contribution is 2.33. The van der Waals surface area contributed by atoms with Crippen molar-refractivity contribution in [3.05, 3.63) is 53.6 Å². The van der Waals surface area contributed by atoms with Gasteiger partial charge in [-0.15, -0.1) is 11.8 Å². The normalized spacial score (nSPS) is 16.4. The Kier molecular flexibility index (Phi) is 5.65. The average molecular weight is 431 g/mol. The molecule has 0 spiro atoms. The van der Waals surface area contributed by atoms with Crippen LogP contribution in [0, 0.1) is 0 Å². The van der Waals surface area contributed by atoms with Crippen LogP contribution in [0.1, 0.15) is 24.0 Å². The lowest BCUT2D eigenvalue weighted by molar-refractivity contribution is -0.131. The topological polar surface area (TPSA) is 83.5 Å². The molecule has 0 saturated heterocycles. The van der Waals surface area contributed by atoms with Crippen molar-refractivity contribution in [3.63, 3.8) is 0 Å². The minimum absolute atomic E-state index is 0.0529. The monoisotopic (exact) mass is 430 g/mol. The van der Waals surface area contributed by atoms with Crippen molar-refractivity contribution >= 4 is 39.1 Å². The first-order valence-electron chi connectivity index (χ1n) is 9.56. The fraction of sp³-hybridized carbons (Fsp3) is 0.333. The Morgan fingerprint density at radius 1 is 1.10 bits per heavy atom. The summed E-state index contributed by atoms with van der Waals surface area (Å²) in [6.45, 7) is 1.13. The van der Waals surface area contributed by atoms with Gasteiger partial charge in [-0.3, -0.25) is 9.59 Å². The maximum absolute atomic E-state index is 12.8. The number of hydrogen-bond acceptors (Lipinski definition) is 5. The van der Waals surface area contributed by atoms with Crippen LogP contribution in [0.3, 0.4) is 0 Å². The molecule has 2 heterocycles. The van der Waals surface area contributed by atoms with Gasteiger partial charge in [0.15, 0.2) is 9.84 Å². The van der Waals surface area contributed by atoms with Crippen LogP contribution in [0.4, 0.5) is 5.69 Å². The summed E-state index contributed by atoms with van der Waals surface area (Å²) in [5.74, 6) is 0.149. The number of rotatable bonds is 4. The van der Waals surface area contributed by atoms with Gasteiger partial charge in [0.25, 0.3) is 0 Å². The minimum atomic E-state index is -3.63. The number of carbonyl (C=O) groups is 2. The van der Waals surface area contributed by atoms with Gasteiger partial charge >= 0.3 is 0 Å². The van der Waals surface area contributed by atoms with Crippen molar-refractivity contribution in [2.24, 2.45) is 0 Å². The van der Waals surface area contributed by atoms with Gasteiger partial charge in [-0.2, -0.15) is 0 Å². The summed E-state index contributed by atoms with van der Waals surface area (Å²) in [5, 5.41) is 2.76. The highest BCUT2D eigenvalue weighted by molar-refractivity contribution is 7.99. The van der Waals surface area contributed by atoms with Crippen LogP contribution in [0.25, 0.3) is 0 Å². The van der Waals surface area contributed by atoms with E-state index in [0.29, 0.717) is 31.0 Å². The van der Waals surface area contributed by atoms with Crippen LogP contribution < -0.4 is 5.32 Å². The SMILES string of the molecule is O=C1CCSc2ccc(S(=O)(=O)CCC(=O)N3CCc4ccccc4C3)cc2N1. The van der Waals surface area contributed by atoms with Gasteiger partial charge in [-0.1, -0.05) is 24.3 Å². The molecule has 0 unspecified atom stereocenters. The van der Waals surface area contributed by atoms with Gasteiger partial charge in [0.05, 0.1) is 16.3 Å². The lowest BCUT2D eigenvalue weighted by Gasteiger charge is -2.29. The zero-order valence-corrected chi connectivity index (χ0v) is 17.5. The third-order valence-corrected chi connectivity index (χ3v) is 8.03. The van der Waals surface area contributed by atoms with E-state index in [1.807, 2.05) is 18.2 Å². The van der Waals surface area contributed by atoms with Gasteiger partial charge in [0.2, 0.25) is 11.8 Å². The molecule has 2 aromatic rings. The van der Waals surface area contributed by atoms with Gasteiger partial charge in [0, 0.05) is 36.6 Å². The summed E-state index contributed by atoms with van der Waals surface area (Å²) in [7, 11) is -3.63. The molecule has 0 aromatic heterocycles. The highest BCUT2D eigenvalue weighted by Gasteiger charge is 2.24. The maximum atomic E-state index is 12.8. The number of nitrogens with one attached hydrogen (secondary N) is 1. The van der Waals surface area contributed by atoms with Crippen molar-refractivity contribution in [1.82, 2.24) is 4.90 Å². The molecular weight excluding hydrogens is 408 g/mol. The van der Waals surface area contributed by atoms with E-state index in [1.165, 1.54) is 23.4 Å². The fourth-order valence-electron chi connectivity index (χ4n) is 3.60. The molecule has 0 aliphatic carbocycles. The van der Waals surface area contributed by atoms with Gasteiger partial charge in [0.1, 0.15) is 0 Å². The molecule has 0 saturated carbocycles. The van der Waals surface area contributed by atoms with Crippen molar-refractivity contribution in [2.45, 2.75) is 35.6 Å². The van der Waals surface area contributed by atoms with E-state index in [2.05, 4.69) is 11.4 Å². The van der Waals surface area contributed by atoms with Crippen molar-refractivity contribution in [1.29, 1.82) is 0 Å². The highest BCUT2D eigenvalue weighted by atomic mass is 32.2. The Balaban J connectivity index is 1.43. The molecule has 1 N–H and O–H groups in total. The predicted molar refractivity (Wildman–Crippen MR) is 113 cm³/mol. The van der Waals surface area contributed by atoms with E-state index in [9.17, 15) is 18.0 Å². The van der Waals surface area contributed by atoms with Crippen LogP contribution in [0.2, 0.25) is 0 Å². The Labute approximate surface area is 174 Å². The summed E-state index contributed by atoms with van der Waals surface area (Å²) in [6, 6.07) is 12.8. The smallest absolute Gasteiger partial charge is 0.225 e. The molecule has 0 radical (unpaired) electrons. The molecular formula is C21H22N2O4S2. The number of anilines is 1. The van der Waals surface area contributed by atoms with Gasteiger partial charge < -0.3 is 10.2 Å². The largest absolute Gasteiger partial charge is 0.338 e. The minimum Gasteiger partial charge on any atom is -0.338 e. The molecule has 0 fully saturated rings. The number of thioether (sulfide) groups is 1. The third kappa shape index (κ3) is 4.48. The Hall–Kier alpha value is -2.32. The zero-order valence-electron chi connectivity index (χ0n) is 15.9. The van der Waals surface area contributed by atoms with E-state index < -0.39 is 9.84 Å². The number of fused-ring (bicyclic) bond motifs is 2. The molecule has 2 aliphatic rings. The van der Waals surface area contributed by atoms with Crippen molar-refractivity contribution in [3.8, 4) is 0 Å². The van der Waals surface area contributed by atoms with E-state index in [-0.39, 0.29) is 28.9 Å². The third-order valence-electron chi connectivity index (χ3n) is 5.24.